The van der Waals surface area contributed by atoms with Crippen LogP contribution in [-0.2, 0) is 4.74 Å². The van der Waals surface area contributed by atoms with Gasteiger partial charge in [0.15, 0.2) is 0 Å². The van der Waals surface area contributed by atoms with E-state index in [2.05, 4.69) is 127 Å². The van der Waals surface area contributed by atoms with Crippen LogP contribution >= 0.6 is 0 Å². The van der Waals surface area contributed by atoms with Crippen molar-refractivity contribution in [1.29, 1.82) is 0 Å². The fourth-order valence-corrected chi connectivity index (χ4v) is 3.64. The minimum atomic E-state index is 0.538. The summed E-state index contributed by atoms with van der Waals surface area (Å²) in [5.41, 5.74) is 1.33. The molecule has 2 aliphatic rings. The molecule has 0 aliphatic heterocycles. The molecule has 2 saturated carbocycles. The third-order valence-corrected chi connectivity index (χ3v) is 8.17. The third-order valence-electron chi connectivity index (χ3n) is 8.17. The first kappa shape index (κ1) is 52.0. The smallest absolute Gasteiger partial charge is 0.0654 e. The van der Waals surface area contributed by atoms with Gasteiger partial charge in [0.2, 0.25) is 0 Å². The summed E-state index contributed by atoms with van der Waals surface area (Å²) >= 11 is 0. The molecule has 1 atom stereocenters. The number of allylic oxidation sites excluding steroid dienone is 5. The molecular formula is C43H84O. The third kappa shape index (κ3) is 44.9. The monoisotopic (exact) mass is 617 g/mol. The van der Waals surface area contributed by atoms with Crippen LogP contribution < -0.4 is 0 Å². The van der Waals surface area contributed by atoms with Crippen LogP contribution in [0.5, 0.6) is 0 Å². The second-order valence-corrected chi connectivity index (χ2v) is 13.0. The fourth-order valence-electron chi connectivity index (χ4n) is 3.64. The van der Waals surface area contributed by atoms with Gasteiger partial charge in [-0.05, 0) is 75.5 Å². The van der Waals surface area contributed by atoms with Gasteiger partial charge < -0.3 is 4.74 Å². The maximum absolute atomic E-state index is 5.68. The summed E-state index contributed by atoms with van der Waals surface area (Å²) in [4.78, 5) is 0. The maximum atomic E-state index is 5.68. The summed E-state index contributed by atoms with van der Waals surface area (Å²) in [6, 6.07) is 0. The van der Waals surface area contributed by atoms with Gasteiger partial charge in [-0.1, -0.05) is 164 Å². The molecule has 44 heavy (non-hydrogen) atoms. The standard InChI is InChI=1S/C13H22O.C8H16.C7H14.C6H14.C4H8.C3H4.C2H6/c1-4-12-9-13(10-12)14-8-6-5-7-11(2)3;1-7-3-5-8(2)6-4-7;1-5-7(4)6(2)3;1-4-6(3)5-2;1-3-4-2;1-3-2;1-2/h5-7,12-13H,4,8-10H2,1-3H3;7-8H,3-6H2,1-2H3;5-7H,1H2,2-4H3;6H,4-5H2,1-3H3;3H,1,4H2,2H3;1H,2H3;1-2H3/b6-5-;;;;;;. The number of terminal acetylenes is 1. The van der Waals surface area contributed by atoms with E-state index in [0.29, 0.717) is 12.0 Å². The van der Waals surface area contributed by atoms with Gasteiger partial charge in [-0.2, -0.15) is 0 Å². The lowest BCUT2D eigenvalue weighted by Gasteiger charge is -2.34. The molecule has 1 heteroatoms. The minimum Gasteiger partial charge on any atom is -0.374 e. The van der Waals surface area contributed by atoms with E-state index in [1.54, 1.807) is 6.92 Å². The van der Waals surface area contributed by atoms with Crippen molar-refractivity contribution >= 4 is 0 Å². The largest absolute Gasteiger partial charge is 0.374 e. The molecule has 0 aromatic heterocycles. The predicted molar refractivity (Wildman–Crippen MR) is 208 cm³/mol. The number of hydrogen-bond donors (Lipinski definition) is 0. The molecular weight excluding hydrogens is 532 g/mol. The predicted octanol–water partition coefficient (Wildman–Crippen LogP) is 14.7. The number of ether oxygens (including phenoxy) is 1. The van der Waals surface area contributed by atoms with E-state index in [1.165, 1.54) is 63.4 Å². The SMILES string of the molecule is C#CC.C=CC(C)C(C)C.C=CCC.CC.CC1CCC(C)CC1.CCC(C)CC.CCC1CC(OC/C=C\C=C(C)C)C1. The average molecular weight is 617 g/mol. The molecule has 1 nitrogen and oxygen atoms in total. The van der Waals surface area contributed by atoms with Crippen molar-refractivity contribution in [3.63, 3.8) is 0 Å². The first-order valence-corrected chi connectivity index (χ1v) is 18.4. The van der Waals surface area contributed by atoms with Crippen LogP contribution in [0.2, 0.25) is 0 Å². The van der Waals surface area contributed by atoms with Gasteiger partial charge in [0.25, 0.3) is 0 Å². The topological polar surface area (TPSA) is 9.23 Å². The summed E-state index contributed by atoms with van der Waals surface area (Å²) in [6.45, 7) is 40.2. The van der Waals surface area contributed by atoms with Gasteiger partial charge in [-0.15, -0.1) is 25.5 Å². The summed E-state index contributed by atoms with van der Waals surface area (Å²) < 4.78 is 5.68. The molecule has 0 saturated heterocycles. The molecule has 0 spiro atoms. The van der Waals surface area contributed by atoms with E-state index in [4.69, 9.17) is 4.74 Å². The zero-order chi connectivity index (χ0) is 35.3. The van der Waals surface area contributed by atoms with Crippen molar-refractivity contribution in [2.45, 2.75) is 174 Å². The Bertz CT molecular complexity index is 629. The summed E-state index contributed by atoms with van der Waals surface area (Å²) in [7, 11) is 0. The Morgan fingerprint density at radius 1 is 0.886 bits per heavy atom. The number of hydrogen-bond acceptors (Lipinski definition) is 1. The highest BCUT2D eigenvalue weighted by Crippen LogP contribution is 2.32. The lowest BCUT2D eigenvalue weighted by molar-refractivity contribution is -0.0180. The summed E-state index contributed by atoms with van der Waals surface area (Å²) in [5, 5.41) is 0. The Morgan fingerprint density at radius 3 is 1.52 bits per heavy atom. The van der Waals surface area contributed by atoms with Crippen molar-refractivity contribution in [2.24, 2.45) is 35.5 Å². The van der Waals surface area contributed by atoms with E-state index in [9.17, 15) is 0 Å². The molecule has 1 unspecified atom stereocenters. The van der Waals surface area contributed by atoms with Crippen LogP contribution in [0, 0.1) is 47.9 Å². The zero-order valence-corrected chi connectivity index (χ0v) is 33.1. The molecule has 2 rings (SSSR count). The molecule has 262 valence electrons. The van der Waals surface area contributed by atoms with Crippen LogP contribution in [0.1, 0.15) is 168 Å². The van der Waals surface area contributed by atoms with Crippen molar-refractivity contribution in [3.8, 4) is 12.3 Å². The molecule has 0 bridgehead atoms. The van der Waals surface area contributed by atoms with Crippen molar-refractivity contribution in [2.75, 3.05) is 6.61 Å². The van der Waals surface area contributed by atoms with Gasteiger partial charge >= 0.3 is 0 Å². The lowest BCUT2D eigenvalue weighted by atomic mass is 9.80. The van der Waals surface area contributed by atoms with E-state index in [1.807, 2.05) is 26.0 Å². The van der Waals surface area contributed by atoms with Crippen molar-refractivity contribution in [1.82, 2.24) is 0 Å². The zero-order valence-electron chi connectivity index (χ0n) is 33.1. The van der Waals surface area contributed by atoms with E-state index >= 15 is 0 Å². The highest BCUT2D eigenvalue weighted by molar-refractivity contribution is 5.08. The number of rotatable bonds is 10. The Labute approximate surface area is 281 Å². The highest BCUT2D eigenvalue weighted by atomic mass is 16.5. The second kappa shape index (κ2) is 41.5. The van der Waals surface area contributed by atoms with Gasteiger partial charge in [-0.3, -0.25) is 0 Å². The van der Waals surface area contributed by atoms with Gasteiger partial charge in [0.1, 0.15) is 0 Å². The minimum absolute atomic E-state index is 0.538. The van der Waals surface area contributed by atoms with Gasteiger partial charge in [0, 0.05) is 0 Å². The first-order valence-electron chi connectivity index (χ1n) is 18.4. The Hall–Kier alpha value is -1.52. The quantitative estimate of drug-likeness (QED) is 0.135. The molecule has 0 radical (unpaired) electrons. The highest BCUT2D eigenvalue weighted by Gasteiger charge is 2.27. The molecule has 0 amide bonds. The summed E-state index contributed by atoms with van der Waals surface area (Å²) in [5.74, 6) is 7.57. The Kier molecular flexibility index (Phi) is 49.1. The van der Waals surface area contributed by atoms with Crippen LogP contribution in [0.4, 0.5) is 0 Å². The first-order chi connectivity index (χ1) is 20.8. The van der Waals surface area contributed by atoms with Crippen LogP contribution in [0.15, 0.2) is 49.1 Å². The van der Waals surface area contributed by atoms with Gasteiger partial charge in [-0.25, -0.2) is 0 Å². The molecule has 0 aromatic carbocycles. The van der Waals surface area contributed by atoms with Crippen molar-refractivity contribution in [3.05, 3.63) is 49.1 Å². The second-order valence-electron chi connectivity index (χ2n) is 13.0. The lowest BCUT2D eigenvalue weighted by Crippen LogP contribution is -2.30. The molecule has 0 aromatic rings. The molecule has 2 fully saturated rings. The van der Waals surface area contributed by atoms with E-state index in [0.717, 1.165) is 42.6 Å². The van der Waals surface area contributed by atoms with Crippen LogP contribution in [-0.4, -0.2) is 12.7 Å². The molecule has 0 heterocycles. The summed E-state index contributed by atoms with van der Waals surface area (Å²) in [6.07, 6.45) is 28.8. The van der Waals surface area contributed by atoms with E-state index < -0.39 is 0 Å². The van der Waals surface area contributed by atoms with E-state index in [-0.39, 0.29) is 0 Å². The van der Waals surface area contributed by atoms with Crippen LogP contribution in [0.3, 0.4) is 0 Å². The van der Waals surface area contributed by atoms with Crippen molar-refractivity contribution < 1.29 is 4.74 Å². The molecule has 2 aliphatic carbocycles. The fraction of sp³-hybridized carbons (Fsp3) is 0.767. The van der Waals surface area contributed by atoms with Gasteiger partial charge in [0.05, 0.1) is 12.7 Å². The average Bonchev–Trinajstić information content (AvgIpc) is 3.00. The molecule has 0 N–H and O–H groups in total. The Balaban J connectivity index is -0.000000147. The Morgan fingerprint density at radius 2 is 1.30 bits per heavy atom. The maximum Gasteiger partial charge on any atom is 0.0654 e. The van der Waals surface area contributed by atoms with Crippen LogP contribution in [0.25, 0.3) is 0 Å². The normalized spacial score (nSPS) is 20.1.